The first kappa shape index (κ1) is 14.1. The fraction of sp³-hybridized carbons (Fsp3) is 0.333. The molecule has 0 fully saturated rings. The monoisotopic (exact) mass is 271 g/mol. The number of aromatic nitrogens is 2. The minimum atomic E-state index is 0.278. The van der Waals surface area contributed by atoms with Crippen LogP contribution in [0.1, 0.15) is 18.9 Å². The van der Waals surface area contributed by atoms with Gasteiger partial charge in [0, 0.05) is 25.3 Å². The lowest BCUT2D eigenvalue weighted by atomic mass is 10.2. The first-order valence-corrected chi connectivity index (χ1v) is 6.79. The molecule has 0 saturated heterocycles. The van der Waals surface area contributed by atoms with Gasteiger partial charge in [-0.2, -0.15) is 9.97 Å². The second kappa shape index (κ2) is 6.23. The van der Waals surface area contributed by atoms with Crippen LogP contribution in [0, 0.1) is 6.92 Å². The molecule has 0 atom stereocenters. The maximum Gasteiger partial charge on any atom is 0.223 e. The lowest BCUT2D eigenvalue weighted by Crippen LogP contribution is -2.14. The predicted molar refractivity (Wildman–Crippen MR) is 84.5 cm³/mol. The van der Waals surface area contributed by atoms with Gasteiger partial charge in [-0.05, 0) is 25.5 Å². The molecule has 1 aromatic heterocycles. The molecule has 1 heterocycles. The summed E-state index contributed by atoms with van der Waals surface area (Å²) in [6.07, 6.45) is 1.03. The molecule has 0 aliphatic heterocycles. The molecular weight excluding hydrogens is 250 g/mol. The van der Waals surface area contributed by atoms with Crippen molar-refractivity contribution in [1.82, 2.24) is 9.97 Å². The maximum absolute atomic E-state index is 5.78. The van der Waals surface area contributed by atoms with Crippen LogP contribution in [0.5, 0.6) is 0 Å². The molecule has 106 valence electrons. The third-order valence-electron chi connectivity index (χ3n) is 3.05. The van der Waals surface area contributed by atoms with Crippen molar-refractivity contribution in [3.63, 3.8) is 0 Å². The third-order valence-corrected chi connectivity index (χ3v) is 3.05. The average Bonchev–Trinajstić information content (AvgIpc) is 2.44. The Kier molecular flexibility index (Phi) is 4.40. The number of anilines is 4. The molecular formula is C15H21N5. The summed E-state index contributed by atoms with van der Waals surface area (Å²) in [7, 11) is 1.97. The fourth-order valence-electron chi connectivity index (χ4n) is 1.87. The summed E-state index contributed by atoms with van der Waals surface area (Å²) in [5.41, 5.74) is 8.08. The van der Waals surface area contributed by atoms with Crippen molar-refractivity contribution in [2.24, 2.45) is 0 Å². The second-order valence-electron chi connectivity index (χ2n) is 4.79. The zero-order valence-corrected chi connectivity index (χ0v) is 12.2. The smallest absolute Gasteiger partial charge is 0.223 e. The predicted octanol–water partition coefficient (Wildman–Crippen LogP) is 2.96. The van der Waals surface area contributed by atoms with Crippen molar-refractivity contribution in [3.05, 3.63) is 35.9 Å². The Morgan fingerprint density at radius 3 is 2.55 bits per heavy atom. The molecule has 0 amide bonds. The summed E-state index contributed by atoms with van der Waals surface area (Å²) in [6.45, 7) is 5.04. The minimum absolute atomic E-state index is 0.278. The number of hydrogen-bond acceptors (Lipinski definition) is 5. The van der Waals surface area contributed by atoms with Crippen molar-refractivity contribution in [3.8, 4) is 0 Å². The molecule has 2 aromatic rings. The molecule has 0 bridgehead atoms. The van der Waals surface area contributed by atoms with E-state index in [1.807, 2.05) is 18.0 Å². The first-order chi connectivity index (χ1) is 9.60. The Bertz CT molecular complexity index is 565. The van der Waals surface area contributed by atoms with E-state index in [-0.39, 0.29) is 5.95 Å². The normalized spacial score (nSPS) is 10.3. The van der Waals surface area contributed by atoms with Gasteiger partial charge in [-0.25, -0.2) is 0 Å². The van der Waals surface area contributed by atoms with Crippen molar-refractivity contribution < 1.29 is 0 Å². The summed E-state index contributed by atoms with van der Waals surface area (Å²) in [4.78, 5) is 10.5. The van der Waals surface area contributed by atoms with Gasteiger partial charge in [-0.1, -0.05) is 24.6 Å². The maximum atomic E-state index is 5.78. The molecule has 0 unspecified atom stereocenters. The van der Waals surface area contributed by atoms with Crippen LogP contribution in [0.25, 0.3) is 0 Å². The highest BCUT2D eigenvalue weighted by molar-refractivity contribution is 5.63. The highest BCUT2D eigenvalue weighted by Gasteiger charge is 2.08. The van der Waals surface area contributed by atoms with Crippen molar-refractivity contribution in [2.45, 2.75) is 20.3 Å². The lowest BCUT2D eigenvalue weighted by Gasteiger charge is -2.19. The molecule has 0 radical (unpaired) electrons. The number of nitrogens with zero attached hydrogens (tertiary/aromatic N) is 3. The van der Waals surface area contributed by atoms with Crippen LogP contribution in [0.15, 0.2) is 30.3 Å². The number of hydrogen-bond donors (Lipinski definition) is 2. The number of aryl methyl sites for hydroxylation is 1. The van der Waals surface area contributed by atoms with Crippen LogP contribution in [-0.4, -0.2) is 23.6 Å². The molecule has 0 aliphatic rings. The second-order valence-corrected chi connectivity index (χ2v) is 4.79. The van der Waals surface area contributed by atoms with E-state index in [2.05, 4.69) is 53.4 Å². The van der Waals surface area contributed by atoms with Gasteiger partial charge in [0.25, 0.3) is 0 Å². The van der Waals surface area contributed by atoms with Gasteiger partial charge in [0.2, 0.25) is 5.95 Å². The summed E-state index contributed by atoms with van der Waals surface area (Å²) in [5, 5.41) is 3.23. The van der Waals surface area contributed by atoms with Crippen LogP contribution in [0.4, 0.5) is 23.3 Å². The number of nitrogen functional groups attached to an aromatic ring is 1. The van der Waals surface area contributed by atoms with Crippen molar-refractivity contribution in [1.29, 1.82) is 0 Å². The lowest BCUT2D eigenvalue weighted by molar-refractivity contribution is 0.964. The van der Waals surface area contributed by atoms with Gasteiger partial charge in [0.15, 0.2) is 0 Å². The fourth-order valence-corrected chi connectivity index (χ4v) is 1.87. The van der Waals surface area contributed by atoms with E-state index in [0.717, 1.165) is 30.3 Å². The molecule has 5 nitrogen and oxygen atoms in total. The summed E-state index contributed by atoms with van der Waals surface area (Å²) in [6, 6.07) is 10.2. The topological polar surface area (TPSA) is 67.1 Å². The average molecular weight is 271 g/mol. The van der Waals surface area contributed by atoms with E-state index >= 15 is 0 Å². The van der Waals surface area contributed by atoms with E-state index in [9.17, 15) is 0 Å². The number of benzene rings is 1. The van der Waals surface area contributed by atoms with E-state index in [4.69, 9.17) is 5.73 Å². The molecule has 2 rings (SSSR count). The van der Waals surface area contributed by atoms with Gasteiger partial charge < -0.3 is 16.0 Å². The Labute approximate surface area is 119 Å². The van der Waals surface area contributed by atoms with Gasteiger partial charge in [-0.15, -0.1) is 0 Å². The third kappa shape index (κ3) is 3.38. The van der Waals surface area contributed by atoms with Crippen LogP contribution in [-0.2, 0) is 0 Å². The largest absolute Gasteiger partial charge is 0.370 e. The Morgan fingerprint density at radius 1 is 1.20 bits per heavy atom. The standard InChI is InChI=1S/C15H21N5/c1-4-9-17-13-10-14(19-15(16)18-13)20(3)12-7-5-11(2)6-8-12/h5-8,10H,4,9H2,1-3H3,(H3,16,17,18,19). The van der Waals surface area contributed by atoms with Crippen LogP contribution in [0.3, 0.4) is 0 Å². The Morgan fingerprint density at radius 2 is 1.90 bits per heavy atom. The summed E-state index contributed by atoms with van der Waals surface area (Å²) in [5.74, 6) is 1.81. The molecule has 0 aliphatic carbocycles. The summed E-state index contributed by atoms with van der Waals surface area (Å²) < 4.78 is 0. The van der Waals surface area contributed by atoms with E-state index < -0.39 is 0 Å². The van der Waals surface area contributed by atoms with Crippen LogP contribution >= 0.6 is 0 Å². The van der Waals surface area contributed by atoms with Crippen LogP contribution in [0.2, 0.25) is 0 Å². The number of rotatable bonds is 5. The minimum Gasteiger partial charge on any atom is -0.370 e. The van der Waals surface area contributed by atoms with Crippen molar-refractivity contribution >= 4 is 23.3 Å². The zero-order chi connectivity index (χ0) is 14.5. The van der Waals surface area contributed by atoms with Gasteiger partial charge in [-0.3, -0.25) is 0 Å². The molecule has 5 heteroatoms. The van der Waals surface area contributed by atoms with Crippen LogP contribution < -0.4 is 16.0 Å². The van der Waals surface area contributed by atoms with Gasteiger partial charge >= 0.3 is 0 Å². The van der Waals surface area contributed by atoms with Gasteiger partial charge in [0.1, 0.15) is 11.6 Å². The highest BCUT2D eigenvalue weighted by Crippen LogP contribution is 2.24. The Hall–Kier alpha value is -2.30. The van der Waals surface area contributed by atoms with E-state index in [1.165, 1.54) is 5.56 Å². The molecule has 0 saturated carbocycles. The Balaban J connectivity index is 2.26. The summed E-state index contributed by atoms with van der Waals surface area (Å²) >= 11 is 0. The first-order valence-electron chi connectivity index (χ1n) is 6.79. The molecule has 3 N–H and O–H groups in total. The number of nitrogens with two attached hydrogens (primary N) is 1. The SMILES string of the molecule is CCCNc1cc(N(C)c2ccc(C)cc2)nc(N)n1. The van der Waals surface area contributed by atoms with Gasteiger partial charge in [0.05, 0.1) is 0 Å². The van der Waals surface area contributed by atoms with E-state index in [1.54, 1.807) is 0 Å². The number of nitrogens with one attached hydrogen (secondary N) is 1. The highest BCUT2D eigenvalue weighted by atomic mass is 15.2. The molecule has 1 aromatic carbocycles. The quantitative estimate of drug-likeness (QED) is 0.875. The molecule has 20 heavy (non-hydrogen) atoms. The molecule has 0 spiro atoms. The zero-order valence-electron chi connectivity index (χ0n) is 12.2. The van der Waals surface area contributed by atoms with E-state index in [0.29, 0.717) is 0 Å². The van der Waals surface area contributed by atoms with Crippen molar-refractivity contribution in [2.75, 3.05) is 29.5 Å².